The number of rotatable bonds is 2. The Hall–Kier alpha value is -1.52. The van der Waals surface area contributed by atoms with E-state index < -0.39 is 12.1 Å². The molecule has 0 aromatic heterocycles. The first-order valence-electron chi connectivity index (χ1n) is 5.63. The van der Waals surface area contributed by atoms with E-state index in [1.54, 1.807) is 25.1 Å². The third-order valence-electron chi connectivity index (χ3n) is 2.53. The van der Waals surface area contributed by atoms with Gasteiger partial charge in [0.2, 0.25) is 0 Å². The predicted octanol–water partition coefficient (Wildman–Crippen LogP) is 2.60. The lowest BCUT2D eigenvalue weighted by atomic mass is 10.0. The Morgan fingerprint density at radius 3 is 3.17 bits per heavy atom. The third-order valence-corrected chi connectivity index (χ3v) is 2.77. The van der Waals surface area contributed by atoms with E-state index in [-0.39, 0.29) is 6.42 Å². The van der Waals surface area contributed by atoms with E-state index in [0.29, 0.717) is 28.7 Å². The van der Waals surface area contributed by atoms with Crippen LogP contribution < -0.4 is 4.74 Å². The van der Waals surface area contributed by atoms with Crippen molar-refractivity contribution < 1.29 is 19.4 Å². The molecule has 0 spiro atoms. The molecule has 0 radical (unpaired) electrons. The molecule has 0 saturated heterocycles. The molecule has 1 aromatic rings. The van der Waals surface area contributed by atoms with Gasteiger partial charge >= 0.3 is 5.97 Å². The van der Waals surface area contributed by atoms with E-state index in [1.807, 2.05) is 0 Å². The van der Waals surface area contributed by atoms with E-state index in [1.165, 1.54) is 6.08 Å². The Labute approximate surface area is 110 Å². The smallest absolute Gasteiger partial charge is 0.334 e. The van der Waals surface area contributed by atoms with Crippen LogP contribution in [-0.2, 0) is 9.53 Å². The minimum Gasteiger partial charge on any atom is -0.463 e. The number of aliphatic hydroxyl groups excluding tert-OH is 1. The zero-order chi connectivity index (χ0) is 13.1. The highest BCUT2D eigenvalue weighted by molar-refractivity contribution is 6.30. The van der Waals surface area contributed by atoms with Crippen molar-refractivity contribution in [1.29, 1.82) is 0 Å². The first-order chi connectivity index (χ1) is 8.60. The fourth-order valence-corrected chi connectivity index (χ4v) is 1.94. The predicted molar refractivity (Wildman–Crippen MR) is 66.4 cm³/mol. The number of halogens is 1. The number of carbonyl (C=O) groups is 1. The molecule has 1 N–H and O–H groups in total. The van der Waals surface area contributed by atoms with Crippen LogP contribution in [0.1, 0.15) is 25.0 Å². The maximum absolute atomic E-state index is 11.3. The van der Waals surface area contributed by atoms with Gasteiger partial charge in [-0.2, -0.15) is 0 Å². The van der Waals surface area contributed by atoms with Gasteiger partial charge in [0.15, 0.2) is 0 Å². The first kappa shape index (κ1) is 12.9. The normalized spacial score (nSPS) is 20.2. The van der Waals surface area contributed by atoms with E-state index in [9.17, 15) is 9.90 Å². The summed E-state index contributed by atoms with van der Waals surface area (Å²) in [5, 5.41) is 10.5. The fraction of sp³-hybridized carbons (Fsp3) is 0.308. The van der Waals surface area contributed by atoms with Gasteiger partial charge in [0.25, 0.3) is 0 Å². The van der Waals surface area contributed by atoms with Crippen molar-refractivity contribution in [2.75, 3.05) is 6.61 Å². The van der Waals surface area contributed by atoms with Gasteiger partial charge in [-0.25, -0.2) is 4.79 Å². The fourth-order valence-electron chi connectivity index (χ4n) is 1.76. The molecule has 18 heavy (non-hydrogen) atoms. The van der Waals surface area contributed by atoms with Crippen LogP contribution >= 0.6 is 11.6 Å². The average molecular weight is 269 g/mol. The van der Waals surface area contributed by atoms with Crippen molar-refractivity contribution in [2.45, 2.75) is 19.4 Å². The molecule has 0 amide bonds. The summed E-state index contributed by atoms with van der Waals surface area (Å²) >= 11 is 5.85. The molecule has 2 rings (SSSR count). The monoisotopic (exact) mass is 268 g/mol. The molecule has 0 fully saturated rings. The summed E-state index contributed by atoms with van der Waals surface area (Å²) < 4.78 is 10.3. The largest absolute Gasteiger partial charge is 0.463 e. The lowest BCUT2D eigenvalue weighted by molar-refractivity contribution is -0.137. The molecule has 1 heterocycles. The maximum atomic E-state index is 11.3. The number of ether oxygens (including phenoxy) is 2. The SMILES string of the molecule is CCOC(=O)/C=C1\CC(O)c2cc(Cl)ccc2O1. The van der Waals surface area contributed by atoms with Gasteiger partial charge in [0, 0.05) is 17.0 Å². The molecular formula is C13H13ClO4. The highest BCUT2D eigenvalue weighted by atomic mass is 35.5. The Bertz CT molecular complexity index is 496. The van der Waals surface area contributed by atoms with Crippen LogP contribution in [0.4, 0.5) is 0 Å². The Balaban J connectivity index is 2.23. The first-order valence-corrected chi connectivity index (χ1v) is 6.00. The molecule has 1 unspecified atom stereocenters. The van der Waals surface area contributed by atoms with Crippen LogP contribution in [0.25, 0.3) is 0 Å². The zero-order valence-electron chi connectivity index (χ0n) is 9.85. The standard InChI is InChI=1S/C13H13ClO4/c1-2-17-13(16)7-9-6-11(15)10-5-8(14)3-4-12(10)18-9/h3-5,7,11,15H,2,6H2,1H3/b9-7+. The Morgan fingerprint density at radius 1 is 1.67 bits per heavy atom. The van der Waals surface area contributed by atoms with Crippen molar-refractivity contribution in [3.8, 4) is 5.75 Å². The quantitative estimate of drug-likeness (QED) is 0.662. The van der Waals surface area contributed by atoms with Crippen LogP contribution in [0.15, 0.2) is 30.0 Å². The van der Waals surface area contributed by atoms with Gasteiger partial charge in [-0.05, 0) is 25.1 Å². The molecule has 0 aliphatic carbocycles. The number of hydrogen-bond acceptors (Lipinski definition) is 4. The van der Waals surface area contributed by atoms with Crippen molar-refractivity contribution in [3.05, 3.63) is 40.6 Å². The van der Waals surface area contributed by atoms with Crippen LogP contribution in [0, 0.1) is 0 Å². The average Bonchev–Trinajstić information content (AvgIpc) is 2.30. The summed E-state index contributed by atoms with van der Waals surface area (Å²) in [4.78, 5) is 11.3. The highest BCUT2D eigenvalue weighted by Crippen LogP contribution is 2.37. The Kier molecular flexibility index (Phi) is 3.89. The molecule has 1 atom stereocenters. The topological polar surface area (TPSA) is 55.8 Å². The summed E-state index contributed by atoms with van der Waals surface area (Å²) in [6.07, 6.45) is 0.754. The van der Waals surface area contributed by atoms with E-state index in [0.717, 1.165) is 0 Å². The lowest BCUT2D eigenvalue weighted by Gasteiger charge is -2.24. The second-order valence-electron chi connectivity index (χ2n) is 3.87. The van der Waals surface area contributed by atoms with Gasteiger partial charge < -0.3 is 14.6 Å². The number of fused-ring (bicyclic) bond motifs is 1. The number of carbonyl (C=O) groups excluding carboxylic acids is 1. The number of benzene rings is 1. The van der Waals surface area contributed by atoms with Crippen molar-refractivity contribution in [1.82, 2.24) is 0 Å². The summed E-state index contributed by atoms with van der Waals surface area (Å²) in [6, 6.07) is 4.99. The van der Waals surface area contributed by atoms with Crippen molar-refractivity contribution in [2.24, 2.45) is 0 Å². The number of hydrogen-bond donors (Lipinski definition) is 1. The van der Waals surface area contributed by atoms with Gasteiger partial charge in [-0.1, -0.05) is 11.6 Å². The van der Waals surface area contributed by atoms with Crippen LogP contribution in [-0.4, -0.2) is 17.7 Å². The lowest BCUT2D eigenvalue weighted by Crippen LogP contribution is -2.14. The van der Waals surface area contributed by atoms with Gasteiger partial charge in [-0.15, -0.1) is 0 Å². The maximum Gasteiger partial charge on any atom is 0.334 e. The highest BCUT2D eigenvalue weighted by Gasteiger charge is 2.23. The number of aliphatic hydroxyl groups is 1. The van der Waals surface area contributed by atoms with Gasteiger partial charge in [-0.3, -0.25) is 0 Å². The van der Waals surface area contributed by atoms with E-state index in [4.69, 9.17) is 21.1 Å². The van der Waals surface area contributed by atoms with Crippen LogP contribution in [0.3, 0.4) is 0 Å². The van der Waals surface area contributed by atoms with E-state index in [2.05, 4.69) is 0 Å². The minimum atomic E-state index is -0.729. The molecule has 0 saturated carbocycles. The summed E-state index contributed by atoms with van der Waals surface area (Å²) in [5.41, 5.74) is 0.628. The van der Waals surface area contributed by atoms with Gasteiger partial charge in [0.1, 0.15) is 11.5 Å². The van der Waals surface area contributed by atoms with Crippen molar-refractivity contribution in [3.63, 3.8) is 0 Å². The van der Waals surface area contributed by atoms with Crippen LogP contribution in [0.2, 0.25) is 5.02 Å². The molecule has 1 aromatic carbocycles. The summed E-state index contributed by atoms with van der Waals surface area (Å²) in [7, 11) is 0. The molecular weight excluding hydrogens is 256 g/mol. The Morgan fingerprint density at radius 2 is 2.44 bits per heavy atom. The summed E-state index contributed by atoms with van der Waals surface area (Å²) in [5.74, 6) is 0.418. The molecule has 0 bridgehead atoms. The van der Waals surface area contributed by atoms with E-state index >= 15 is 0 Å². The summed E-state index contributed by atoms with van der Waals surface area (Å²) in [6.45, 7) is 2.03. The molecule has 5 heteroatoms. The van der Waals surface area contributed by atoms with Gasteiger partial charge in [0.05, 0.1) is 18.8 Å². The van der Waals surface area contributed by atoms with Crippen molar-refractivity contribution >= 4 is 17.6 Å². The molecule has 4 nitrogen and oxygen atoms in total. The molecule has 1 aliphatic rings. The molecule has 96 valence electrons. The third kappa shape index (κ3) is 2.83. The minimum absolute atomic E-state index is 0.228. The molecule has 1 aliphatic heterocycles. The second kappa shape index (κ2) is 5.42. The zero-order valence-corrected chi connectivity index (χ0v) is 10.6. The van der Waals surface area contributed by atoms with Crippen LogP contribution in [0.5, 0.6) is 5.75 Å². The second-order valence-corrected chi connectivity index (χ2v) is 4.30. The number of esters is 1.